The molecule has 2 aromatic rings. The van der Waals surface area contributed by atoms with E-state index in [9.17, 15) is 9.59 Å². The Morgan fingerprint density at radius 1 is 1.00 bits per heavy atom. The topological polar surface area (TPSA) is 64.6 Å². The Morgan fingerprint density at radius 3 is 2.09 bits per heavy atom. The number of amides is 1. The summed E-state index contributed by atoms with van der Waals surface area (Å²) in [4.78, 5) is 24.0. The molecule has 2 aromatic carbocycles. The van der Waals surface area contributed by atoms with E-state index in [4.69, 9.17) is 9.47 Å². The van der Waals surface area contributed by atoms with Crippen molar-refractivity contribution >= 4 is 27.6 Å². The molecule has 0 spiro atoms. The SMILES string of the molecule is COc1cc(CNC(=O)C(=O)c2ccc(Br)cc2)cc(OC)c1. The molecule has 1 N–H and O–H groups in total. The molecule has 0 heterocycles. The fraction of sp³-hybridized carbons (Fsp3) is 0.176. The number of halogens is 1. The van der Waals surface area contributed by atoms with Crippen LogP contribution >= 0.6 is 15.9 Å². The van der Waals surface area contributed by atoms with Crippen molar-refractivity contribution in [3.8, 4) is 11.5 Å². The van der Waals surface area contributed by atoms with Crippen LogP contribution in [-0.4, -0.2) is 25.9 Å². The van der Waals surface area contributed by atoms with Gasteiger partial charge in [0.1, 0.15) is 11.5 Å². The number of rotatable bonds is 6. The molecule has 0 radical (unpaired) electrons. The molecular formula is C17H16BrNO4. The van der Waals surface area contributed by atoms with E-state index in [-0.39, 0.29) is 6.54 Å². The van der Waals surface area contributed by atoms with Crippen LogP contribution in [0.2, 0.25) is 0 Å². The molecule has 0 unspecified atom stereocenters. The van der Waals surface area contributed by atoms with E-state index in [2.05, 4.69) is 21.2 Å². The Bertz CT molecular complexity index is 691. The summed E-state index contributed by atoms with van der Waals surface area (Å²) < 4.78 is 11.2. The molecule has 5 nitrogen and oxygen atoms in total. The number of hydrogen-bond acceptors (Lipinski definition) is 4. The number of methoxy groups -OCH3 is 2. The summed E-state index contributed by atoms with van der Waals surface area (Å²) >= 11 is 3.28. The quantitative estimate of drug-likeness (QED) is 0.620. The highest BCUT2D eigenvalue weighted by atomic mass is 79.9. The summed E-state index contributed by atoms with van der Waals surface area (Å²) in [7, 11) is 3.10. The van der Waals surface area contributed by atoms with Gasteiger partial charge < -0.3 is 14.8 Å². The highest BCUT2D eigenvalue weighted by molar-refractivity contribution is 9.10. The van der Waals surface area contributed by atoms with Crippen LogP contribution in [0.15, 0.2) is 46.9 Å². The molecular weight excluding hydrogens is 362 g/mol. The highest BCUT2D eigenvalue weighted by Crippen LogP contribution is 2.22. The van der Waals surface area contributed by atoms with Crippen LogP contribution in [0.1, 0.15) is 15.9 Å². The molecule has 0 aliphatic carbocycles. The number of nitrogens with one attached hydrogen (secondary N) is 1. The Hall–Kier alpha value is -2.34. The molecule has 1 amide bonds. The third-order valence-electron chi connectivity index (χ3n) is 3.18. The fourth-order valence-corrected chi connectivity index (χ4v) is 2.23. The Labute approximate surface area is 142 Å². The zero-order valence-corrected chi connectivity index (χ0v) is 14.3. The van der Waals surface area contributed by atoms with Crippen LogP contribution in [0, 0.1) is 0 Å². The second kappa shape index (κ2) is 7.78. The van der Waals surface area contributed by atoms with Crippen LogP contribution < -0.4 is 14.8 Å². The van der Waals surface area contributed by atoms with Gasteiger partial charge in [-0.2, -0.15) is 0 Å². The van der Waals surface area contributed by atoms with Gasteiger partial charge in [-0.1, -0.05) is 15.9 Å². The maximum atomic E-state index is 12.0. The monoisotopic (exact) mass is 377 g/mol. The van der Waals surface area contributed by atoms with Crippen LogP contribution in [0.25, 0.3) is 0 Å². The van der Waals surface area contributed by atoms with Crippen molar-refractivity contribution in [2.24, 2.45) is 0 Å². The van der Waals surface area contributed by atoms with Gasteiger partial charge >= 0.3 is 0 Å². The summed E-state index contributed by atoms with van der Waals surface area (Å²) in [5.41, 5.74) is 1.12. The largest absolute Gasteiger partial charge is 0.497 e. The van der Waals surface area contributed by atoms with E-state index in [1.165, 1.54) is 0 Å². The van der Waals surface area contributed by atoms with Crippen molar-refractivity contribution in [3.63, 3.8) is 0 Å². The summed E-state index contributed by atoms with van der Waals surface area (Å²) in [6.45, 7) is 0.203. The summed E-state index contributed by atoms with van der Waals surface area (Å²) in [6, 6.07) is 11.9. The zero-order valence-electron chi connectivity index (χ0n) is 12.8. The minimum Gasteiger partial charge on any atom is -0.497 e. The van der Waals surface area contributed by atoms with Crippen LogP contribution in [0.4, 0.5) is 0 Å². The summed E-state index contributed by atoms with van der Waals surface area (Å²) in [6.07, 6.45) is 0. The van der Waals surface area contributed by atoms with Crippen molar-refractivity contribution in [3.05, 3.63) is 58.1 Å². The second-order valence-corrected chi connectivity index (χ2v) is 5.66. The molecule has 0 atom stereocenters. The van der Waals surface area contributed by atoms with Crippen LogP contribution in [0.5, 0.6) is 11.5 Å². The molecule has 0 saturated heterocycles. The standard InChI is InChI=1S/C17H16BrNO4/c1-22-14-7-11(8-15(9-14)23-2)10-19-17(21)16(20)12-3-5-13(18)6-4-12/h3-9H,10H2,1-2H3,(H,19,21). The molecule has 0 bridgehead atoms. The molecule has 0 fully saturated rings. The third kappa shape index (κ3) is 4.56. The number of carbonyl (C=O) groups excluding carboxylic acids is 2. The van der Waals surface area contributed by atoms with Crippen molar-refractivity contribution in [2.45, 2.75) is 6.54 Å². The molecule has 0 aliphatic rings. The predicted octanol–water partition coefficient (Wildman–Crippen LogP) is 2.97. The number of ketones is 1. The first kappa shape index (κ1) is 17.0. The number of ether oxygens (including phenoxy) is 2. The molecule has 6 heteroatoms. The van der Waals surface area contributed by atoms with Crippen LogP contribution in [0.3, 0.4) is 0 Å². The first-order chi connectivity index (χ1) is 11.0. The van der Waals surface area contributed by atoms with Gasteiger partial charge in [0.2, 0.25) is 5.78 Å². The lowest BCUT2D eigenvalue weighted by Gasteiger charge is -2.09. The number of Topliss-reactive ketones (excluding diaryl/α,β-unsaturated/α-hetero) is 1. The summed E-state index contributed by atoms with van der Waals surface area (Å²) in [5.74, 6) is 0.00198. The average molecular weight is 378 g/mol. The molecule has 23 heavy (non-hydrogen) atoms. The van der Waals surface area contributed by atoms with E-state index >= 15 is 0 Å². The number of hydrogen-bond donors (Lipinski definition) is 1. The normalized spacial score (nSPS) is 10.0. The van der Waals surface area contributed by atoms with E-state index in [1.54, 1.807) is 56.7 Å². The first-order valence-corrected chi connectivity index (χ1v) is 7.63. The Kier molecular flexibility index (Phi) is 5.76. The average Bonchev–Trinajstić information content (AvgIpc) is 2.59. The van der Waals surface area contributed by atoms with Gasteiger partial charge in [-0.05, 0) is 42.0 Å². The third-order valence-corrected chi connectivity index (χ3v) is 3.71. The van der Waals surface area contributed by atoms with Gasteiger partial charge in [0.05, 0.1) is 14.2 Å². The van der Waals surface area contributed by atoms with Gasteiger partial charge in [-0.15, -0.1) is 0 Å². The van der Waals surface area contributed by atoms with Gasteiger partial charge in [0, 0.05) is 22.6 Å². The smallest absolute Gasteiger partial charge is 0.292 e. The van der Waals surface area contributed by atoms with Crippen molar-refractivity contribution in [2.75, 3.05) is 14.2 Å². The van der Waals surface area contributed by atoms with E-state index < -0.39 is 11.7 Å². The van der Waals surface area contributed by atoms with Crippen LogP contribution in [-0.2, 0) is 11.3 Å². The highest BCUT2D eigenvalue weighted by Gasteiger charge is 2.15. The number of carbonyl (C=O) groups is 2. The molecule has 2 rings (SSSR count). The minimum atomic E-state index is -0.658. The van der Waals surface area contributed by atoms with Crippen molar-refractivity contribution in [1.29, 1.82) is 0 Å². The summed E-state index contributed by atoms with van der Waals surface area (Å²) in [5, 5.41) is 2.60. The van der Waals surface area contributed by atoms with Gasteiger partial charge in [0.25, 0.3) is 5.91 Å². The lowest BCUT2D eigenvalue weighted by molar-refractivity contribution is -0.117. The van der Waals surface area contributed by atoms with E-state index in [1.807, 2.05) is 0 Å². The molecule has 0 saturated carbocycles. The molecule has 0 aromatic heterocycles. The van der Waals surface area contributed by atoms with Gasteiger partial charge in [-0.3, -0.25) is 9.59 Å². The fourth-order valence-electron chi connectivity index (χ4n) is 1.96. The number of benzene rings is 2. The first-order valence-electron chi connectivity index (χ1n) is 6.83. The molecule has 120 valence electrons. The molecule has 0 aliphatic heterocycles. The Morgan fingerprint density at radius 2 is 1.57 bits per heavy atom. The Balaban J connectivity index is 2.04. The zero-order chi connectivity index (χ0) is 16.8. The van der Waals surface area contributed by atoms with Crippen molar-refractivity contribution in [1.82, 2.24) is 5.32 Å². The lowest BCUT2D eigenvalue weighted by atomic mass is 10.1. The second-order valence-electron chi connectivity index (χ2n) is 4.74. The maximum Gasteiger partial charge on any atom is 0.292 e. The predicted molar refractivity (Wildman–Crippen MR) is 89.9 cm³/mol. The lowest BCUT2D eigenvalue weighted by Crippen LogP contribution is -2.30. The van der Waals surface area contributed by atoms with E-state index in [0.29, 0.717) is 17.1 Å². The van der Waals surface area contributed by atoms with Crippen molar-refractivity contribution < 1.29 is 19.1 Å². The van der Waals surface area contributed by atoms with E-state index in [0.717, 1.165) is 10.0 Å². The van der Waals surface area contributed by atoms with Gasteiger partial charge in [0.15, 0.2) is 0 Å². The minimum absolute atomic E-state index is 0.203. The van der Waals surface area contributed by atoms with Gasteiger partial charge in [-0.25, -0.2) is 0 Å². The maximum absolute atomic E-state index is 12.0.